The van der Waals surface area contributed by atoms with Gasteiger partial charge in [-0.05, 0) is 50.2 Å². The summed E-state index contributed by atoms with van der Waals surface area (Å²) in [6, 6.07) is 9.63. The van der Waals surface area contributed by atoms with Crippen LogP contribution in [0.4, 0.5) is 5.69 Å². The standard InChI is InChI=1S/C21H23N7O2S/c1-15(27-9-4-10-27)16-7-8-22-20(11-16)28-14-18(13-24-28)31(29,30)25-19-6-3-5-17-12-23-26(2)21(17)19/h3,5-8,11-15,25H,4,9-10H2,1-2H3. The zero-order chi connectivity index (χ0) is 21.6. The van der Waals surface area contributed by atoms with E-state index in [1.807, 2.05) is 18.2 Å². The second-order valence-electron chi connectivity index (χ2n) is 7.75. The Hall–Kier alpha value is -3.24. The number of hydrogen-bond donors (Lipinski definition) is 1. The molecule has 1 unspecified atom stereocenters. The Morgan fingerprint density at radius 2 is 1.97 bits per heavy atom. The third kappa shape index (κ3) is 3.57. The number of nitrogens with one attached hydrogen (secondary N) is 1. The van der Waals surface area contributed by atoms with Crippen molar-refractivity contribution in [3.63, 3.8) is 0 Å². The van der Waals surface area contributed by atoms with E-state index in [9.17, 15) is 8.42 Å². The number of rotatable bonds is 6. The van der Waals surface area contributed by atoms with Crippen molar-refractivity contribution in [3.8, 4) is 5.82 Å². The van der Waals surface area contributed by atoms with Gasteiger partial charge in [0.15, 0.2) is 5.82 Å². The molecule has 1 aromatic carbocycles. The van der Waals surface area contributed by atoms with Crippen molar-refractivity contribution in [2.75, 3.05) is 17.8 Å². The highest BCUT2D eigenvalue weighted by atomic mass is 32.2. The SMILES string of the molecule is CC(c1ccnc(-n2cc(S(=O)(=O)Nc3cccc4cnn(C)c34)cn2)c1)N1CCC1. The summed E-state index contributed by atoms with van der Waals surface area (Å²) >= 11 is 0. The first-order valence-electron chi connectivity index (χ1n) is 10.1. The number of anilines is 1. The first-order chi connectivity index (χ1) is 14.9. The predicted octanol–water partition coefficient (Wildman–Crippen LogP) is 2.72. The number of benzene rings is 1. The van der Waals surface area contributed by atoms with E-state index in [2.05, 4.69) is 31.7 Å². The summed E-state index contributed by atoms with van der Waals surface area (Å²) in [5.41, 5.74) is 2.31. The number of fused-ring (bicyclic) bond motifs is 1. The van der Waals surface area contributed by atoms with Crippen LogP contribution in [0.3, 0.4) is 0 Å². The van der Waals surface area contributed by atoms with Crippen LogP contribution in [-0.2, 0) is 17.1 Å². The van der Waals surface area contributed by atoms with Gasteiger partial charge in [0.1, 0.15) is 4.90 Å². The molecule has 0 amide bonds. The molecule has 0 aliphatic carbocycles. The van der Waals surface area contributed by atoms with Crippen LogP contribution in [0.1, 0.15) is 24.9 Å². The van der Waals surface area contributed by atoms with Gasteiger partial charge in [0.2, 0.25) is 0 Å². The molecule has 1 aliphatic heterocycles. The molecule has 160 valence electrons. The summed E-state index contributed by atoms with van der Waals surface area (Å²) < 4.78 is 31.8. The average Bonchev–Trinajstić information content (AvgIpc) is 3.35. The molecule has 9 nitrogen and oxygen atoms in total. The van der Waals surface area contributed by atoms with Crippen molar-refractivity contribution in [1.82, 2.24) is 29.4 Å². The fourth-order valence-corrected chi connectivity index (χ4v) is 4.84. The first kappa shape index (κ1) is 19.7. The minimum atomic E-state index is -3.83. The highest BCUT2D eigenvalue weighted by molar-refractivity contribution is 7.92. The molecule has 3 aromatic heterocycles. The van der Waals surface area contributed by atoms with Gasteiger partial charge in [0, 0.05) is 24.7 Å². The molecule has 1 atom stereocenters. The average molecular weight is 438 g/mol. The maximum Gasteiger partial charge on any atom is 0.265 e. The van der Waals surface area contributed by atoms with E-state index in [1.165, 1.54) is 23.5 Å². The molecule has 1 aliphatic rings. The van der Waals surface area contributed by atoms with Crippen LogP contribution >= 0.6 is 0 Å². The number of para-hydroxylation sites is 1. The van der Waals surface area contributed by atoms with Crippen LogP contribution in [0.15, 0.2) is 60.0 Å². The Labute approximate surface area is 180 Å². The molecule has 4 heterocycles. The summed E-state index contributed by atoms with van der Waals surface area (Å²) in [7, 11) is -2.06. The third-order valence-corrected chi connectivity index (χ3v) is 7.12. The molecule has 1 N–H and O–H groups in total. The number of pyridine rings is 1. The van der Waals surface area contributed by atoms with Crippen LogP contribution in [0.25, 0.3) is 16.7 Å². The van der Waals surface area contributed by atoms with Crippen molar-refractivity contribution in [1.29, 1.82) is 0 Å². The van der Waals surface area contributed by atoms with Gasteiger partial charge in [0.05, 0.1) is 29.8 Å². The minimum Gasteiger partial charge on any atom is -0.297 e. The lowest BCUT2D eigenvalue weighted by Gasteiger charge is -2.36. The van der Waals surface area contributed by atoms with Crippen molar-refractivity contribution < 1.29 is 8.42 Å². The first-order valence-corrected chi connectivity index (χ1v) is 11.6. The lowest BCUT2D eigenvalue weighted by molar-refractivity contribution is 0.128. The second kappa shape index (κ2) is 7.47. The van der Waals surface area contributed by atoms with Gasteiger partial charge in [-0.3, -0.25) is 14.3 Å². The van der Waals surface area contributed by atoms with Crippen LogP contribution in [0.2, 0.25) is 0 Å². The Morgan fingerprint density at radius 3 is 2.74 bits per heavy atom. The molecular formula is C21H23N7O2S. The summed E-state index contributed by atoms with van der Waals surface area (Å²) in [5.74, 6) is 0.583. The number of hydrogen-bond acceptors (Lipinski definition) is 6. The number of nitrogens with zero attached hydrogens (tertiary/aromatic N) is 6. The smallest absolute Gasteiger partial charge is 0.265 e. The van der Waals surface area contributed by atoms with Crippen molar-refractivity contribution in [2.24, 2.45) is 7.05 Å². The fraction of sp³-hybridized carbons (Fsp3) is 0.286. The van der Waals surface area contributed by atoms with Gasteiger partial charge in [0.25, 0.3) is 10.0 Å². The summed E-state index contributed by atoms with van der Waals surface area (Å²) in [6.07, 6.45) is 7.47. The molecule has 0 saturated carbocycles. The van der Waals surface area contributed by atoms with E-state index in [-0.39, 0.29) is 10.9 Å². The Balaban J connectivity index is 1.43. The van der Waals surface area contributed by atoms with Gasteiger partial charge in [-0.2, -0.15) is 10.2 Å². The van der Waals surface area contributed by atoms with Gasteiger partial charge in [-0.25, -0.2) is 18.1 Å². The largest absolute Gasteiger partial charge is 0.297 e. The van der Waals surface area contributed by atoms with Crippen LogP contribution < -0.4 is 4.72 Å². The van der Waals surface area contributed by atoms with E-state index >= 15 is 0 Å². The van der Waals surface area contributed by atoms with Gasteiger partial charge in [-0.15, -0.1) is 0 Å². The summed E-state index contributed by atoms with van der Waals surface area (Å²) in [6.45, 7) is 4.36. The predicted molar refractivity (Wildman–Crippen MR) is 117 cm³/mol. The normalized spacial score (nSPS) is 15.7. The molecule has 4 aromatic rings. The van der Waals surface area contributed by atoms with Crippen LogP contribution in [0, 0.1) is 0 Å². The van der Waals surface area contributed by atoms with E-state index in [4.69, 9.17) is 0 Å². The van der Waals surface area contributed by atoms with E-state index in [1.54, 1.807) is 36.3 Å². The zero-order valence-corrected chi connectivity index (χ0v) is 18.1. The molecule has 0 spiro atoms. The molecule has 10 heteroatoms. The van der Waals surface area contributed by atoms with Crippen molar-refractivity contribution in [2.45, 2.75) is 24.3 Å². The Morgan fingerprint density at radius 1 is 1.13 bits per heavy atom. The highest BCUT2D eigenvalue weighted by Crippen LogP contribution is 2.27. The molecule has 0 bridgehead atoms. The topological polar surface area (TPSA) is 97.9 Å². The third-order valence-electron chi connectivity index (χ3n) is 5.80. The maximum absolute atomic E-state index is 13.0. The fourth-order valence-electron chi connectivity index (χ4n) is 3.85. The quantitative estimate of drug-likeness (QED) is 0.498. The highest BCUT2D eigenvalue weighted by Gasteiger charge is 2.23. The maximum atomic E-state index is 13.0. The Bertz CT molecular complexity index is 1360. The van der Waals surface area contributed by atoms with Crippen LogP contribution in [-0.4, -0.2) is 51.0 Å². The zero-order valence-electron chi connectivity index (χ0n) is 17.3. The van der Waals surface area contributed by atoms with Crippen molar-refractivity contribution in [3.05, 3.63) is 60.7 Å². The molecule has 1 fully saturated rings. The van der Waals surface area contributed by atoms with Crippen LogP contribution in [0.5, 0.6) is 0 Å². The van der Waals surface area contributed by atoms with Crippen molar-refractivity contribution >= 4 is 26.6 Å². The molecule has 5 rings (SSSR count). The monoisotopic (exact) mass is 437 g/mol. The van der Waals surface area contributed by atoms with E-state index in [0.29, 0.717) is 17.0 Å². The minimum absolute atomic E-state index is 0.0645. The molecule has 0 radical (unpaired) electrons. The van der Waals surface area contributed by atoms with Gasteiger partial charge in [-0.1, -0.05) is 12.1 Å². The number of aromatic nitrogens is 5. The number of sulfonamides is 1. The number of aryl methyl sites for hydroxylation is 1. The molecular weight excluding hydrogens is 414 g/mol. The summed E-state index contributed by atoms with van der Waals surface area (Å²) in [4.78, 5) is 6.83. The Kier molecular flexibility index (Phi) is 4.75. The van der Waals surface area contributed by atoms with E-state index < -0.39 is 10.0 Å². The lowest BCUT2D eigenvalue weighted by atomic mass is 10.0. The molecule has 31 heavy (non-hydrogen) atoms. The molecule has 1 saturated heterocycles. The lowest BCUT2D eigenvalue weighted by Crippen LogP contribution is -2.39. The van der Waals surface area contributed by atoms with Gasteiger partial charge >= 0.3 is 0 Å². The van der Waals surface area contributed by atoms with Gasteiger partial charge < -0.3 is 0 Å². The number of likely N-dealkylation sites (tertiary alicyclic amines) is 1. The van der Waals surface area contributed by atoms with E-state index in [0.717, 1.165) is 24.0 Å². The second-order valence-corrected chi connectivity index (χ2v) is 9.43. The summed E-state index contributed by atoms with van der Waals surface area (Å²) in [5, 5.41) is 9.31.